The number of fused-ring (bicyclic) bond motifs is 1. The van der Waals surface area contributed by atoms with Gasteiger partial charge >= 0.3 is 6.18 Å². The first-order valence-electron chi connectivity index (χ1n) is 6.74. The van der Waals surface area contributed by atoms with Crippen LogP contribution >= 0.6 is 0 Å². The van der Waals surface area contributed by atoms with Crippen molar-refractivity contribution in [1.29, 1.82) is 0 Å². The van der Waals surface area contributed by atoms with Gasteiger partial charge in [0.2, 0.25) is 0 Å². The summed E-state index contributed by atoms with van der Waals surface area (Å²) in [6.07, 6.45) is -3.02. The van der Waals surface area contributed by atoms with Crippen molar-refractivity contribution >= 4 is 5.91 Å². The first-order chi connectivity index (χ1) is 10.4. The van der Waals surface area contributed by atoms with Gasteiger partial charge in [-0.1, -0.05) is 0 Å². The molecule has 22 heavy (non-hydrogen) atoms. The second-order valence-corrected chi connectivity index (χ2v) is 5.08. The number of aromatic nitrogens is 3. The number of nitrogens with one attached hydrogen (secondary N) is 1. The third-order valence-electron chi connectivity index (χ3n) is 3.65. The number of halogens is 3. The number of carbonyl (C=O) groups is 1. The van der Waals surface area contributed by atoms with E-state index in [0.29, 0.717) is 11.6 Å². The van der Waals surface area contributed by atoms with Crippen molar-refractivity contribution in [3.63, 3.8) is 0 Å². The predicted molar refractivity (Wildman–Crippen MR) is 67.8 cm³/mol. The summed E-state index contributed by atoms with van der Waals surface area (Å²) in [6.45, 7) is 0.279. The van der Waals surface area contributed by atoms with Gasteiger partial charge in [-0.05, 0) is 18.6 Å². The van der Waals surface area contributed by atoms with Gasteiger partial charge in [-0.15, -0.1) is 10.2 Å². The van der Waals surface area contributed by atoms with E-state index < -0.39 is 18.0 Å². The minimum Gasteiger partial charge on any atom is -0.459 e. The molecule has 2 aromatic heterocycles. The fourth-order valence-corrected chi connectivity index (χ4v) is 2.45. The average molecular weight is 314 g/mol. The summed E-state index contributed by atoms with van der Waals surface area (Å²) in [5, 5.41) is 10.3. The van der Waals surface area contributed by atoms with E-state index in [1.165, 1.54) is 12.3 Å². The van der Waals surface area contributed by atoms with Crippen LogP contribution in [0.4, 0.5) is 13.2 Å². The third-order valence-corrected chi connectivity index (χ3v) is 3.65. The normalized spacial score (nSPS) is 18.0. The van der Waals surface area contributed by atoms with Crippen molar-refractivity contribution in [3.05, 3.63) is 35.8 Å². The molecule has 0 radical (unpaired) electrons. The Kier molecular flexibility index (Phi) is 3.63. The zero-order chi connectivity index (χ0) is 15.7. The van der Waals surface area contributed by atoms with Crippen LogP contribution in [0.15, 0.2) is 22.8 Å². The topological polar surface area (TPSA) is 73.0 Å². The maximum Gasteiger partial charge on any atom is 0.392 e. The molecular formula is C13H13F3N4O2. The standard InChI is InChI=1S/C13H13F3N4O2/c14-13(15,16)8-3-4-20-10(6-8)18-19-11(20)7-17-12(21)9-2-1-5-22-9/h1-2,5,8H,3-4,6-7H2,(H,17,21). The Morgan fingerprint density at radius 3 is 2.95 bits per heavy atom. The molecular weight excluding hydrogens is 301 g/mol. The highest BCUT2D eigenvalue weighted by Gasteiger charge is 2.42. The summed E-state index contributed by atoms with van der Waals surface area (Å²) in [5.74, 6) is -0.886. The second kappa shape index (κ2) is 5.47. The molecule has 0 aliphatic carbocycles. The highest BCUT2D eigenvalue weighted by molar-refractivity contribution is 5.91. The lowest BCUT2D eigenvalue weighted by Crippen LogP contribution is -2.32. The largest absolute Gasteiger partial charge is 0.459 e. The number of nitrogens with zero attached hydrogens (tertiary/aromatic N) is 3. The van der Waals surface area contributed by atoms with E-state index in [4.69, 9.17) is 4.42 Å². The van der Waals surface area contributed by atoms with E-state index in [9.17, 15) is 18.0 Å². The van der Waals surface area contributed by atoms with Gasteiger partial charge in [-0.2, -0.15) is 13.2 Å². The third kappa shape index (κ3) is 2.83. The van der Waals surface area contributed by atoms with Crippen molar-refractivity contribution in [1.82, 2.24) is 20.1 Å². The quantitative estimate of drug-likeness (QED) is 0.939. The second-order valence-electron chi connectivity index (χ2n) is 5.08. The average Bonchev–Trinajstić information content (AvgIpc) is 3.13. The Morgan fingerprint density at radius 1 is 1.45 bits per heavy atom. The fraction of sp³-hybridized carbons (Fsp3) is 0.462. The van der Waals surface area contributed by atoms with Crippen LogP contribution in [0.2, 0.25) is 0 Å². The van der Waals surface area contributed by atoms with Gasteiger partial charge in [-0.25, -0.2) is 0 Å². The molecule has 0 saturated heterocycles. The molecule has 3 rings (SSSR count). The van der Waals surface area contributed by atoms with Gasteiger partial charge in [0.25, 0.3) is 5.91 Å². The fourth-order valence-electron chi connectivity index (χ4n) is 2.45. The maximum atomic E-state index is 12.7. The van der Waals surface area contributed by atoms with Gasteiger partial charge in [-0.3, -0.25) is 4.79 Å². The van der Waals surface area contributed by atoms with Crippen molar-refractivity contribution in [2.24, 2.45) is 5.92 Å². The highest BCUT2D eigenvalue weighted by atomic mass is 19.4. The van der Waals surface area contributed by atoms with Gasteiger partial charge < -0.3 is 14.3 Å². The van der Waals surface area contributed by atoms with Crippen LogP contribution in [-0.4, -0.2) is 26.8 Å². The van der Waals surface area contributed by atoms with Crippen LogP contribution in [0.25, 0.3) is 0 Å². The molecule has 1 aliphatic heterocycles. The molecule has 1 aliphatic rings. The lowest BCUT2D eigenvalue weighted by molar-refractivity contribution is -0.179. The predicted octanol–water partition coefficient (Wildman–Crippen LogP) is 1.93. The molecule has 0 spiro atoms. The van der Waals surface area contributed by atoms with E-state index in [-0.39, 0.29) is 31.7 Å². The lowest BCUT2D eigenvalue weighted by atomic mass is 9.97. The smallest absolute Gasteiger partial charge is 0.392 e. The molecule has 3 heterocycles. The van der Waals surface area contributed by atoms with Gasteiger partial charge in [0, 0.05) is 13.0 Å². The number of rotatable bonds is 3. The monoisotopic (exact) mass is 314 g/mol. The summed E-state index contributed by atoms with van der Waals surface area (Å²) >= 11 is 0. The van der Waals surface area contributed by atoms with Crippen LogP contribution in [0.3, 0.4) is 0 Å². The van der Waals surface area contributed by atoms with Crippen molar-refractivity contribution in [2.45, 2.75) is 32.1 Å². The molecule has 6 nitrogen and oxygen atoms in total. The lowest BCUT2D eigenvalue weighted by Gasteiger charge is -2.25. The van der Waals surface area contributed by atoms with E-state index in [0.717, 1.165) is 0 Å². The number of hydrogen-bond acceptors (Lipinski definition) is 4. The Bertz CT molecular complexity index is 663. The summed E-state index contributed by atoms with van der Waals surface area (Å²) in [6, 6.07) is 3.10. The number of hydrogen-bond donors (Lipinski definition) is 1. The zero-order valence-electron chi connectivity index (χ0n) is 11.4. The summed E-state index contributed by atoms with van der Waals surface area (Å²) in [7, 11) is 0. The molecule has 0 aromatic carbocycles. The van der Waals surface area contributed by atoms with Crippen LogP contribution in [0, 0.1) is 5.92 Å². The molecule has 2 aromatic rings. The SMILES string of the molecule is O=C(NCc1nnc2n1CCC(C(F)(F)F)C2)c1ccco1. The molecule has 0 bridgehead atoms. The zero-order valence-corrected chi connectivity index (χ0v) is 11.4. The molecule has 118 valence electrons. The number of carbonyl (C=O) groups excluding carboxylic acids is 1. The summed E-state index contributed by atoms with van der Waals surface area (Å²) in [4.78, 5) is 11.7. The molecule has 1 amide bonds. The molecule has 1 atom stereocenters. The minimum absolute atomic E-state index is 0.00628. The van der Waals surface area contributed by atoms with E-state index >= 15 is 0 Å². The van der Waals surface area contributed by atoms with E-state index in [1.54, 1.807) is 10.6 Å². The molecule has 0 saturated carbocycles. The molecule has 0 fully saturated rings. The van der Waals surface area contributed by atoms with Crippen molar-refractivity contribution in [2.75, 3.05) is 0 Å². The summed E-state index contributed by atoms with van der Waals surface area (Å²) < 4.78 is 44.8. The van der Waals surface area contributed by atoms with Gasteiger partial charge in [0.15, 0.2) is 11.6 Å². The van der Waals surface area contributed by atoms with Crippen LogP contribution < -0.4 is 5.32 Å². The van der Waals surface area contributed by atoms with Gasteiger partial charge in [0.1, 0.15) is 5.82 Å². The van der Waals surface area contributed by atoms with E-state index in [1.807, 2.05) is 0 Å². The Balaban J connectivity index is 1.66. The van der Waals surface area contributed by atoms with Crippen molar-refractivity contribution in [3.8, 4) is 0 Å². The van der Waals surface area contributed by atoms with Crippen LogP contribution in [0.1, 0.15) is 28.6 Å². The van der Waals surface area contributed by atoms with E-state index in [2.05, 4.69) is 15.5 Å². The number of amides is 1. The first kappa shape index (κ1) is 14.6. The van der Waals surface area contributed by atoms with Crippen molar-refractivity contribution < 1.29 is 22.4 Å². The van der Waals surface area contributed by atoms with Crippen LogP contribution in [0.5, 0.6) is 0 Å². The molecule has 1 N–H and O–H groups in total. The maximum absolute atomic E-state index is 12.7. The Morgan fingerprint density at radius 2 is 2.27 bits per heavy atom. The first-order valence-corrected chi connectivity index (χ1v) is 6.74. The minimum atomic E-state index is -4.22. The highest BCUT2D eigenvalue weighted by Crippen LogP contribution is 2.34. The van der Waals surface area contributed by atoms with Crippen LogP contribution in [-0.2, 0) is 19.5 Å². The van der Waals surface area contributed by atoms with Gasteiger partial charge in [0.05, 0.1) is 18.7 Å². The Labute approximate surface area is 123 Å². The summed E-state index contributed by atoms with van der Waals surface area (Å²) in [5.41, 5.74) is 0. The molecule has 9 heteroatoms. The molecule has 1 unspecified atom stereocenters. The number of furan rings is 1. The Hall–Kier alpha value is -2.32. The number of alkyl halides is 3.